The highest BCUT2D eigenvalue weighted by Crippen LogP contribution is 2.18. The molecule has 0 spiro atoms. The summed E-state index contributed by atoms with van der Waals surface area (Å²) in [5.41, 5.74) is 6.92. The first-order valence-electron chi connectivity index (χ1n) is 6.93. The molecule has 2 N–H and O–H groups in total. The van der Waals surface area contributed by atoms with Crippen molar-refractivity contribution in [1.29, 1.82) is 0 Å². The van der Waals surface area contributed by atoms with Crippen LogP contribution in [0.1, 0.15) is 31.4 Å². The average molecular weight is 262 g/mol. The van der Waals surface area contributed by atoms with Gasteiger partial charge < -0.3 is 15.4 Å². The van der Waals surface area contributed by atoms with E-state index in [4.69, 9.17) is 10.5 Å². The lowest BCUT2D eigenvalue weighted by Gasteiger charge is -2.34. The molecule has 2 rings (SSSR count). The molecule has 0 saturated carbocycles. The number of nitrogens with two attached hydrogens (primary N) is 1. The number of rotatable bonds is 4. The SMILES string of the molecule is CCO[C@@H]1CCCN(C(=O)[C@@H](N)c2ccccc2)C1. The highest BCUT2D eigenvalue weighted by atomic mass is 16.5. The lowest BCUT2D eigenvalue weighted by molar-refractivity contribution is -0.136. The van der Waals surface area contributed by atoms with Crippen molar-refractivity contribution in [3.05, 3.63) is 35.9 Å². The van der Waals surface area contributed by atoms with Crippen LogP contribution >= 0.6 is 0 Å². The van der Waals surface area contributed by atoms with Crippen molar-refractivity contribution in [1.82, 2.24) is 4.90 Å². The zero-order chi connectivity index (χ0) is 13.7. The van der Waals surface area contributed by atoms with E-state index in [-0.39, 0.29) is 12.0 Å². The summed E-state index contributed by atoms with van der Waals surface area (Å²) < 4.78 is 5.61. The van der Waals surface area contributed by atoms with Crippen molar-refractivity contribution in [2.75, 3.05) is 19.7 Å². The smallest absolute Gasteiger partial charge is 0.244 e. The fourth-order valence-electron chi connectivity index (χ4n) is 2.51. The standard InChI is InChI=1S/C15H22N2O2/c1-2-19-13-9-6-10-17(11-13)15(18)14(16)12-7-4-3-5-8-12/h3-5,7-8,13-14H,2,6,9-11,16H2,1H3/t13-,14+/m1/s1. The molecule has 1 aliphatic heterocycles. The number of amides is 1. The molecule has 4 nitrogen and oxygen atoms in total. The Balaban J connectivity index is 1.99. The Kier molecular flexibility index (Phi) is 4.93. The van der Waals surface area contributed by atoms with Crippen LogP contribution in [0.2, 0.25) is 0 Å². The third kappa shape index (κ3) is 3.55. The molecule has 1 heterocycles. The van der Waals surface area contributed by atoms with Crippen LogP contribution in [0.4, 0.5) is 0 Å². The minimum absolute atomic E-state index is 0.00407. The van der Waals surface area contributed by atoms with Gasteiger partial charge in [-0.2, -0.15) is 0 Å². The third-order valence-electron chi connectivity index (χ3n) is 3.52. The van der Waals surface area contributed by atoms with Crippen molar-refractivity contribution in [2.24, 2.45) is 5.73 Å². The van der Waals surface area contributed by atoms with Crippen LogP contribution in [-0.4, -0.2) is 36.6 Å². The molecule has 0 aromatic heterocycles. The van der Waals surface area contributed by atoms with Crippen LogP contribution in [0.5, 0.6) is 0 Å². The Morgan fingerprint density at radius 1 is 1.47 bits per heavy atom. The summed E-state index contributed by atoms with van der Waals surface area (Å²) in [6.07, 6.45) is 2.17. The third-order valence-corrected chi connectivity index (χ3v) is 3.52. The average Bonchev–Trinajstić information content (AvgIpc) is 2.47. The molecule has 0 unspecified atom stereocenters. The van der Waals surface area contributed by atoms with E-state index in [1.165, 1.54) is 0 Å². The van der Waals surface area contributed by atoms with Gasteiger partial charge in [0.1, 0.15) is 6.04 Å². The van der Waals surface area contributed by atoms with E-state index in [1.807, 2.05) is 42.2 Å². The first-order chi connectivity index (χ1) is 9.22. The summed E-state index contributed by atoms with van der Waals surface area (Å²) in [7, 11) is 0. The Hall–Kier alpha value is -1.39. The van der Waals surface area contributed by atoms with E-state index in [0.717, 1.165) is 24.9 Å². The summed E-state index contributed by atoms with van der Waals surface area (Å²) in [5.74, 6) is -0.00407. The normalized spacial score (nSPS) is 21.2. The number of carbonyl (C=O) groups is 1. The summed E-state index contributed by atoms with van der Waals surface area (Å²) >= 11 is 0. The highest BCUT2D eigenvalue weighted by Gasteiger charge is 2.27. The van der Waals surface area contributed by atoms with Crippen molar-refractivity contribution in [3.63, 3.8) is 0 Å². The highest BCUT2D eigenvalue weighted by molar-refractivity contribution is 5.83. The number of carbonyl (C=O) groups excluding carboxylic acids is 1. The molecular formula is C15H22N2O2. The second-order valence-electron chi connectivity index (χ2n) is 4.89. The Labute approximate surface area is 114 Å². The Bertz CT molecular complexity index is 406. The molecule has 104 valence electrons. The molecule has 1 saturated heterocycles. The zero-order valence-electron chi connectivity index (χ0n) is 11.4. The quantitative estimate of drug-likeness (QED) is 0.898. The monoisotopic (exact) mass is 262 g/mol. The number of piperidine rings is 1. The Morgan fingerprint density at radius 3 is 2.89 bits per heavy atom. The summed E-state index contributed by atoms with van der Waals surface area (Å²) in [5, 5.41) is 0. The predicted octanol–water partition coefficient (Wildman–Crippen LogP) is 1.71. The van der Waals surface area contributed by atoms with Gasteiger partial charge in [-0.25, -0.2) is 0 Å². The van der Waals surface area contributed by atoms with Crippen LogP contribution in [0.15, 0.2) is 30.3 Å². The number of hydrogen-bond acceptors (Lipinski definition) is 3. The first-order valence-corrected chi connectivity index (χ1v) is 6.93. The largest absolute Gasteiger partial charge is 0.377 e. The molecule has 0 radical (unpaired) electrons. The van der Waals surface area contributed by atoms with Crippen molar-refractivity contribution >= 4 is 5.91 Å². The van der Waals surface area contributed by atoms with E-state index in [1.54, 1.807) is 0 Å². The van der Waals surface area contributed by atoms with Crippen LogP contribution in [-0.2, 0) is 9.53 Å². The number of hydrogen-bond donors (Lipinski definition) is 1. The minimum Gasteiger partial charge on any atom is -0.377 e. The van der Waals surface area contributed by atoms with Gasteiger partial charge in [0.25, 0.3) is 0 Å². The molecule has 19 heavy (non-hydrogen) atoms. The number of likely N-dealkylation sites (tertiary alicyclic amines) is 1. The van der Waals surface area contributed by atoms with E-state index < -0.39 is 6.04 Å². The second kappa shape index (κ2) is 6.68. The maximum Gasteiger partial charge on any atom is 0.244 e. The van der Waals surface area contributed by atoms with Crippen LogP contribution in [0.3, 0.4) is 0 Å². The van der Waals surface area contributed by atoms with Gasteiger partial charge in [0.05, 0.1) is 6.10 Å². The molecule has 1 aromatic carbocycles. The van der Waals surface area contributed by atoms with Gasteiger partial charge in [-0.1, -0.05) is 30.3 Å². The van der Waals surface area contributed by atoms with Gasteiger partial charge in [-0.15, -0.1) is 0 Å². The molecule has 4 heteroatoms. The van der Waals surface area contributed by atoms with E-state index in [9.17, 15) is 4.79 Å². The lowest BCUT2D eigenvalue weighted by atomic mass is 10.0. The van der Waals surface area contributed by atoms with E-state index in [2.05, 4.69) is 0 Å². The Morgan fingerprint density at radius 2 is 2.21 bits per heavy atom. The van der Waals surface area contributed by atoms with Crippen LogP contribution in [0, 0.1) is 0 Å². The molecule has 0 bridgehead atoms. The van der Waals surface area contributed by atoms with Crippen LogP contribution < -0.4 is 5.73 Å². The number of ether oxygens (including phenoxy) is 1. The molecule has 1 fully saturated rings. The van der Waals surface area contributed by atoms with Gasteiger partial charge in [0, 0.05) is 19.7 Å². The maximum absolute atomic E-state index is 12.4. The molecule has 1 aromatic rings. The minimum atomic E-state index is -0.568. The van der Waals surface area contributed by atoms with Crippen molar-refractivity contribution in [3.8, 4) is 0 Å². The topological polar surface area (TPSA) is 55.6 Å². The van der Waals surface area contributed by atoms with Gasteiger partial charge in [0.2, 0.25) is 5.91 Å². The predicted molar refractivity (Wildman–Crippen MR) is 74.6 cm³/mol. The molecule has 1 amide bonds. The van der Waals surface area contributed by atoms with Crippen molar-refractivity contribution < 1.29 is 9.53 Å². The first kappa shape index (κ1) is 14.0. The van der Waals surface area contributed by atoms with Crippen LogP contribution in [0.25, 0.3) is 0 Å². The summed E-state index contributed by atoms with van der Waals surface area (Å²) in [4.78, 5) is 14.2. The van der Waals surface area contributed by atoms with Gasteiger partial charge in [0.15, 0.2) is 0 Å². The van der Waals surface area contributed by atoms with E-state index in [0.29, 0.717) is 13.2 Å². The van der Waals surface area contributed by atoms with Crippen molar-refractivity contribution in [2.45, 2.75) is 31.9 Å². The molecule has 1 aliphatic rings. The van der Waals surface area contributed by atoms with Gasteiger partial charge >= 0.3 is 0 Å². The zero-order valence-corrected chi connectivity index (χ0v) is 11.4. The summed E-state index contributed by atoms with van der Waals surface area (Å²) in [6, 6.07) is 8.95. The fraction of sp³-hybridized carbons (Fsp3) is 0.533. The molecular weight excluding hydrogens is 240 g/mol. The number of nitrogens with zero attached hydrogens (tertiary/aromatic N) is 1. The lowest BCUT2D eigenvalue weighted by Crippen LogP contribution is -2.46. The maximum atomic E-state index is 12.4. The van der Waals surface area contributed by atoms with Gasteiger partial charge in [-0.3, -0.25) is 4.79 Å². The van der Waals surface area contributed by atoms with Gasteiger partial charge in [-0.05, 0) is 25.3 Å². The second-order valence-corrected chi connectivity index (χ2v) is 4.89. The molecule has 0 aliphatic carbocycles. The number of benzene rings is 1. The molecule has 2 atom stereocenters. The summed E-state index contributed by atoms with van der Waals surface area (Å²) in [6.45, 7) is 4.12. The van der Waals surface area contributed by atoms with E-state index >= 15 is 0 Å². The fourth-order valence-corrected chi connectivity index (χ4v) is 2.51.